The van der Waals surface area contributed by atoms with Crippen molar-refractivity contribution in [1.82, 2.24) is 10.2 Å². The van der Waals surface area contributed by atoms with E-state index in [-0.39, 0.29) is 12.0 Å². The van der Waals surface area contributed by atoms with Crippen molar-refractivity contribution in [3.05, 3.63) is 63.1 Å². The molecule has 180 valence electrons. The summed E-state index contributed by atoms with van der Waals surface area (Å²) in [6.45, 7) is 0.864. The summed E-state index contributed by atoms with van der Waals surface area (Å²) in [6.07, 6.45) is -10.0. The Morgan fingerprint density at radius 1 is 0.909 bits per heavy atom. The smallest absolute Gasteiger partial charge is 0.322 e. The maximum Gasteiger partial charge on any atom is 0.416 e. The van der Waals surface area contributed by atoms with Crippen molar-refractivity contribution >= 4 is 34.9 Å². The molecule has 0 radical (unpaired) electrons. The molecule has 1 aliphatic heterocycles. The number of benzene rings is 2. The fourth-order valence-corrected chi connectivity index (χ4v) is 4.08. The number of carbonyl (C=O) groups is 1. The molecule has 1 heterocycles. The number of hydrogen-bond acceptors (Lipinski definition) is 2. The van der Waals surface area contributed by atoms with Gasteiger partial charge in [0, 0.05) is 38.8 Å². The highest BCUT2D eigenvalue weighted by molar-refractivity contribution is 6.42. The number of anilines is 1. The fraction of sp³-hybridized carbons (Fsp3) is 0.381. The van der Waals surface area contributed by atoms with Crippen molar-refractivity contribution in [1.29, 1.82) is 0 Å². The Kier molecular flexibility index (Phi) is 7.12. The molecule has 2 aromatic carbocycles. The van der Waals surface area contributed by atoms with Crippen LogP contribution < -0.4 is 10.2 Å². The van der Waals surface area contributed by atoms with E-state index in [1.54, 1.807) is 18.2 Å². The molecule has 0 unspecified atom stereocenters. The van der Waals surface area contributed by atoms with Crippen LogP contribution >= 0.6 is 23.2 Å². The molecule has 12 heteroatoms. The predicted octanol–water partition coefficient (Wildman–Crippen LogP) is 6.27. The van der Waals surface area contributed by atoms with Crippen LogP contribution in [-0.4, -0.2) is 44.2 Å². The van der Waals surface area contributed by atoms with Crippen LogP contribution in [0.15, 0.2) is 36.4 Å². The number of carbonyl (C=O) groups excluding carboxylic acids is 1. The normalized spacial score (nSPS) is 19.0. The van der Waals surface area contributed by atoms with Crippen LogP contribution in [0.1, 0.15) is 22.6 Å². The van der Waals surface area contributed by atoms with Gasteiger partial charge in [0.2, 0.25) is 0 Å². The van der Waals surface area contributed by atoms with Gasteiger partial charge in [-0.15, -0.1) is 0 Å². The highest BCUT2D eigenvalue weighted by Gasteiger charge is 2.39. The summed E-state index contributed by atoms with van der Waals surface area (Å²) in [4.78, 5) is 15.1. The second-order valence-electron chi connectivity index (χ2n) is 7.72. The standard InChI is InChI=1S/C21H19Cl2F6N3O/c1-31(14-7-12(20(24,25)26)6-13(8-14)21(27,28)29)19(33)32(2)18-10-30-9-15(18)11-3-4-16(22)17(23)5-11/h3-8,15,18,30H,9-10H2,1-2H3/t15-,18+/m0/s1. The van der Waals surface area contributed by atoms with E-state index in [2.05, 4.69) is 5.32 Å². The second-order valence-corrected chi connectivity index (χ2v) is 8.54. The van der Waals surface area contributed by atoms with Crippen LogP contribution in [0.25, 0.3) is 0 Å². The molecule has 1 saturated heterocycles. The largest absolute Gasteiger partial charge is 0.416 e. The van der Waals surface area contributed by atoms with Crippen LogP contribution in [0.5, 0.6) is 0 Å². The van der Waals surface area contributed by atoms with Gasteiger partial charge in [0.1, 0.15) is 0 Å². The molecule has 1 fully saturated rings. The Bertz CT molecular complexity index is 1010. The minimum atomic E-state index is -5.01. The first-order valence-corrected chi connectivity index (χ1v) is 10.4. The first kappa shape index (κ1) is 25.5. The van der Waals surface area contributed by atoms with Crippen LogP contribution in [-0.2, 0) is 12.4 Å². The Hall–Kier alpha value is -2.17. The molecule has 0 spiro atoms. The number of nitrogens with zero attached hydrogens (tertiary/aromatic N) is 2. The first-order chi connectivity index (χ1) is 15.2. The van der Waals surface area contributed by atoms with Gasteiger partial charge in [-0.3, -0.25) is 4.90 Å². The molecule has 2 amide bonds. The molecule has 0 saturated carbocycles. The number of nitrogens with one attached hydrogen (secondary N) is 1. The van der Waals surface area contributed by atoms with Crippen LogP contribution in [0.4, 0.5) is 36.8 Å². The van der Waals surface area contributed by atoms with Gasteiger partial charge in [0.25, 0.3) is 0 Å². The summed E-state index contributed by atoms with van der Waals surface area (Å²) in [5.74, 6) is -0.214. The van der Waals surface area contributed by atoms with Crippen molar-refractivity contribution in [3.8, 4) is 0 Å². The molecule has 0 aromatic heterocycles. The summed E-state index contributed by atoms with van der Waals surface area (Å²) in [6, 6.07) is 4.90. The van der Waals surface area contributed by atoms with Gasteiger partial charge in [-0.25, -0.2) is 4.79 Å². The second kappa shape index (κ2) is 9.23. The molecule has 3 rings (SSSR count). The van der Waals surface area contributed by atoms with E-state index < -0.39 is 41.2 Å². The molecule has 1 N–H and O–H groups in total. The van der Waals surface area contributed by atoms with E-state index in [0.29, 0.717) is 35.3 Å². The van der Waals surface area contributed by atoms with Gasteiger partial charge in [-0.05, 0) is 35.9 Å². The zero-order valence-corrected chi connectivity index (χ0v) is 18.9. The summed E-state index contributed by atoms with van der Waals surface area (Å²) in [5.41, 5.74) is -2.72. The highest BCUT2D eigenvalue weighted by Crippen LogP contribution is 2.39. The lowest BCUT2D eigenvalue weighted by Crippen LogP contribution is -2.47. The van der Waals surface area contributed by atoms with Gasteiger partial charge in [-0.1, -0.05) is 29.3 Å². The molecule has 0 aliphatic carbocycles. The lowest BCUT2D eigenvalue weighted by Gasteiger charge is -2.33. The molecule has 1 aliphatic rings. The van der Waals surface area contributed by atoms with Gasteiger partial charge in [-0.2, -0.15) is 26.3 Å². The van der Waals surface area contributed by atoms with Gasteiger partial charge in [0.15, 0.2) is 0 Å². The molecular formula is C21H19Cl2F6N3O. The molecule has 33 heavy (non-hydrogen) atoms. The Morgan fingerprint density at radius 2 is 1.48 bits per heavy atom. The maximum absolute atomic E-state index is 13.2. The topological polar surface area (TPSA) is 35.6 Å². The third kappa shape index (κ3) is 5.50. The summed E-state index contributed by atoms with van der Waals surface area (Å²) in [7, 11) is 2.57. The third-order valence-electron chi connectivity index (χ3n) is 5.60. The van der Waals surface area contributed by atoms with E-state index in [1.807, 2.05) is 0 Å². The van der Waals surface area contributed by atoms with E-state index in [4.69, 9.17) is 23.2 Å². The number of amides is 2. The fourth-order valence-electron chi connectivity index (χ4n) is 3.78. The van der Waals surface area contributed by atoms with E-state index in [1.165, 1.54) is 11.9 Å². The van der Waals surface area contributed by atoms with Gasteiger partial charge >= 0.3 is 18.4 Å². The van der Waals surface area contributed by atoms with E-state index >= 15 is 0 Å². The van der Waals surface area contributed by atoms with Crippen molar-refractivity contribution in [2.45, 2.75) is 24.3 Å². The average molecular weight is 514 g/mol. The molecule has 4 nitrogen and oxygen atoms in total. The van der Waals surface area contributed by atoms with Crippen molar-refractivity contribution in [2.24, 2.45) is 0 Å². The van der Waals surface area contributed by atoms with E-state index in [0.717, 1.165) is 17.5 Å². The minimum absolute atomic E-state index is 0.0206. The van der Waals surface area contributed by atoms with Crippen molar-refractivity contribution in [2.75, 3.05) is 32.1 Å². The molecule has 2 aromatic rings. The SMILES string of the molecule is CN(C(=O)N(C)[C@@H]1CNC[C@H]1c1ccc(Cl)c(Cl)c1)c1cc(C(F)(F)F)cc(C(F)(F)F)c1. The zero-order valence-electron chi connectivity index (χ0n) is 17.4. The summed E-state index contributed by atoms with van der Waals surface area (Å²) < 4.78 is 79.2. The zero-order chi connectivity index (χ0) is 24.7. The number of urea groups is 1. The van der Waals surface area contributed by atoms with Crippen LogP contribution in [0.3, 0.4) is 0 Å². The highest BCUT2D eigenvalue weighted by atomic mass is 35.5. The lowest BCUT2D eigenvalue weighted by atomic mass is 9.93. The quantitative estimate of drug-likeness (QED) is 0.490. The Balaban J connectivity index is 1.90. The van der Waals surface area contributed by atoms with Gasteiger partial charge in [0.05, 0.1) is 27.2 Å². The number of alkyl halides is 6. The average Bonchev–Trinajstić information content (AvgIpc) is 3.22. The summed E-state index contributed by atoms with van der Waals surface area (Å²) >= 11 is 12.0. The van der Waals surface area contributed by atoms with Crippen molar-refractivity contribution < 1.29 is 31.1 Å². The predicted molar refractivity (Wildman–Crippen MR) is 114 cm³/mol. The first-order valence-electron chi connectivity index (χ1n) is 9.66. The van der Waals surface area contributed by atoms with Crippen LogP contribution in [0, 0.1) is 0 Å². The monoisotopic (exact) mass is 513 g/mol. The lowest BCUT2D eigenvalue weighted by molar-refractivity contribution is -0.143. The van der Waals surface area contributed by atoms with Crippen LogP contribution in [0.2, 0.25) is 10.0 Å². The van der Waals surface area contributed by atoms with Gasteiger partial charge < -0.3 is 10.2 Å². The maximum atomic E-state index is 13.2. The number of halogens is 8. The minimum Gasteiger partial charge on any atom is -0.322 e. The molecule has 0 bridgehead atoms. The van der Waals surface area contributed by atoms with E-state index in [9.17, 15) is 31.1 Å². The number of likely N-dealkylation sites (N-methyl/N-ethyl adjacent to an activating group) is 1. The molecular weight excluding hydrogens is 495 g/mol. The Labute approximate surface area is 196 Å². The molecule has 2 atom stereocenters. The third-order valence-corrected chi connectivity index (χ3v) is 6.34. The number of rotatable bonds is 3. The number of hydrogen-bond donors (Lipinski definition) is 1. The summed E-state index contributed by atoms with van der Waals surface area (Å²) in [5, 5.41) is 3.83. The van der Waals surface area contributed by atoms with Crippen molar-refractivity contribution in [3.63, 3.8) is 0 Å². The Morgan fingerprint density at radius 3 is 2.00 bits per heavy atom.